The van der Waals surface area contributed by atoms with Crippen molar-refractivity contribution < 1.29 is 13.2 Å². The van der Waals surface area contributed by atoms with Crippen molar-refractivity contribution in [1.82, 2.24) is 9.55 Å². The number of aromatic nitrogens is 2. The number of rotatable bonds is 6. The van der Waals surface area contributed by atoms with Crippen molar-refractivity contribution in [3.63, 3.8) is 0 Å². The van der Waals surface area contributed by atoms with E-state index in [0.717, 1.165) is 28.6 Å². The summed E-state index contributed by atoms with van der Waals surface area (Å²) in [4.78, 5) is 4.87. The van der Waals surface area contributed by atoms with E-state index in [-0.39, 0.29) is 0 Å². The predicted molar refractivity (Wildman–Crippen MR) is 123 cm³/mol. The van der Waals surface area contributed by atoms with E-state index in [1.165, 1.54) is 23.9 Å². The Bertz CT molecular complexity index is 1240. The number of thioether (sulfide) groups is 1. The first-order valence-corrected chi connectivity index (χ1v) is 10.9. The molecular weight excluding hydrogens is 429 g/mol. The van der Waals surface area contributed by atoms with Crippen LogP contribution in [0.2, 0.25) is 0 Å². The maximum Gasteiger partial charge on any atom is 0.416 e. The second kappa shape index (κ2) is 9.37. The van der Waals surface area contributed by atoms with Gasteiger partial charge in [-0.3, -0.25) is 0 Å². The van der Waals surface area contributed by atoms with Crippen LogP contribution in [0.4, 0.5) is 13.2 Å². The number of imidazole rings is 1. The van der Waals surface area contributed by atoms with Gasteiger partial charge in [0.05, 0.1) is 23.5 Å². The number of nitrogens with zero attached hydrogens (tertiary/aromatic N) is 2. The fraction of sp³-hybridized carbons (Fsp3) is 0.115. The second-order valence-corrected chi connectivity index (χ2v) is 8.04. The number of halogens is 3. The molecule has 2 nitrogen and oxygen atoms in total. The van der Waals surface area contributed by atoms with E-state index >= 15 is 0 Å². The summed E-state index contributed by atoms with van der Waals surface area (Å²) in [5.41, 5.74) is 3.52. The quantitative estimate of drug-likeness (QED) is 0.230. The fourth-order valence-electron chi connectivity index (χ4n) is 3.45. The molecule has 0 bridgehead atoms. The molecule has 0 atom stereocenters. The summed E-state index contributed by atoms with van der Waals surface area (Å²) in [6, 6.07) is 25.0. The summed E-state index contributed by atoms with van der Waals surface area (Å²) in [6.45, 7) is 0.301. The molecule has 0 aliphatic carbocycles. The molecule has 32 heavy (non-hydrogen) atoms. The van der Waals surface area contributed by atoms with E-state index in [0.29, 0.717) is 23.0 Å². The van der Waals surface area contributed by atoms with Gasteiger partial charge in [0, 0.05) is 16.9 Å². The molecule has 0 aliphatic rings. The molecule has 0 fully saturated rings. The number of hydrogen-bond donors (Lipinski definition) is 0. The van der Waals surface area contributed by atoms with Gasteiger partial charge < -0.3 is 4.57 Å². The van der Waals surface area contributed by atoms with Gasteiger partial charge in [-0.2, -0.15) is 13.2 Å². The molecule has 0 amide bonds. The van der Waals surface area contributed by atoms with Gasteiger partial charge in [0.2, 0.25) is 0 Å². The third-order valence-corrected chi connectivity index (χ3v) is 5.95. The van der Waals surface area contributed by atoms with Gasteiger partial charge in [-0.15, -0.1) is 6.42 Å². The average molecular weight is 449 g/mol. The van der Waals surface area contributed by atoms with Crippen molar-refractivity contribution in [2.24, 2.45) is 0 Å². The Hall–Kier alpha value is -3.43. The van der Waals surface area contributed by atoms with Gasteiger partial charge in [-0.05, 0) is 11.6 Å². The van der Waals surface area contributed by atoms with Crippen molar-refractivity contribution in [3.8, 4) is 34.9 Å². The zero-order valence-corrected chi connectivity index (χ0v) is 17.8. The van der Waals surface area contributed by atoms with Crippen LogP contribution in [0, 0.1) is 12.3 Å². The highest BCUT2D eigenvalue weighted by atomic mass is 32.2. The lowest BCUT2D eigenvalue weighted by atomic mass is 10.0. The number of benzene rings is 3. The summed E-state index contributed by atoms with van der Waals surface area (Å²) in [5.74, 6) is 3.03. The number of terminal acetylenes is 1. The van der Waals surface area contributed by atoms with Crippen LogP contribution >= 0.6 is 11.8 Å². The van der Waals surface area contributed by atoms with Crippen molar-refractivity contribution in [3.05, 3.63) is 96.1 Å². The van der Waals surface area contributed by atoms with E-state index in [2.05, 4.69) is 5.92 Å². The Morgan fingerprint density at radius 3 is 2.16 bits per heavy atom. The smallest absolute Gasteiger partial charge is 0.307 e. The SMILES string of the molecule is C#CCn1c(SCc2cccc(C(F)(F)F)c2)nc(-c2ccccc2)c1-c1ccccc1. The molecule has 3 aromatic carbocycles. The maximum absolute atomic E-state index is 13.1. The van der Waals surface area contributed by atoms with Crippen LogP contribution in [0.25, 0.3) is 22.5 Å². The van der Waals surface area contributed by atoms with Crippen molar-refractivity contribution in [1.29, 1.82) is 0 Å². The van der Waals surface area contributed by atoms with Crippen molar-refractivity contribution in [2.75, 3.05) is 0 Å². The molecule has 0 N–H and O–H groups in total. The zero-order valence-electron chi connectivity index (χ0n) is 17.0. The zero-order chi connectivity index (χ0) is 22.6. The van der Waals surface area contributed by atoms with Crippen LogP contribution in [0.5, 0.6) is 0 Å². The van der Waals surface area contributed by atoms with Crippen molar-refractivity contribution >= 4 is 11.8 Å². The lowest BCUT2D eigenvalue weighted by molar-refractivity contribution is -0.137. The van der Waals surface area contributed by atoms with Crippen LogP contribution in [0.1, 0.15) is 11.1 Å². The molecule has 6 heteroatoms. The largest absolute Gasteiger partial charge is 0.416 e. The molecule has 4 rings (SSSR count). The molecule has 1 aromatic heterocycles. The third-order valence-electron chi connectivity index (χ3n) is 4.90. The molecule has 0 aliphatic heterocycles. The van der Waals surface area contributed by atoms with Gasteiger partial charge >= 0.3 is 6.18 Å². The highest BCUT2D eigenvalue weighted by Crippen LogP contribution is 2.37. The van der Waals surface area contributed by atoms with Crippen molar-refractivity contribution in [2.45, 2.75) is 23.6 Å². The minimum absolute atomic E-state index is 0.301. The first-order chi connectivity index (χ1) is 15.5. The topological polar surface area (TPSA) is 17.8 Å². The van der Waals surface area contributed by atoms with Gasteiger partial charge in [-0.1, -0.05) is 96.5 Å². The van der Waals surface area contributed by atoms with Gasteiger partial charge in [0.25, 0.3) is 0 Å². The molecule has 0 saturated heterocycles. The number of hydrogen-bond acceptors (Lipinski definition) is 2. The van der Waals surface area contributed by atoms with Crippen LogP contribution in [0.15, 0.2) is 90.1 Å². The summed E-state index contributed by atoms with van der Waals surface area (Å²) in [5, 5.41) is 0.665. The lowest BCUT2D eigenvalue weighted by Gasteiger charge is -2.11. The number of alkyl halides is 3. The maximum atomic E-state index is 13.1. The highest BCUT2D eigenvalue weighted by Gasteiger charge is 2.30. The Kier molecular flexibility index (Phi) is 6.38. The van der Waals surface area contributed by atoms with Gasteiger partial charge in [-0.25, -0.2) is 4.98 Å². The summed E-state index contributed by atoms with van der Waals surface area (Å²) < 4.78 is 41.2. The van der Waals surface area contributed by atoms with E-state index in [4.69, 9.17) is 11.4 Å². The summed E-state index contributed by atoms with van der Waals surface area (Å²) in [7, 11) is 0. The van der Waals surface area contributed by atoms with E-state index in [1.807, 2.05) is 65.2 Å². The third kappa shape index (κ3) is 4.74. The standard InChI is InChI=1S/C26H19F3N2S/c1-2-16-31-24(21-13-7-4-8-14-21)23(20-11-5-3-6-12-20)30-25(31)32-18-19-10-9-15-22(17-19)26(27,28)29/h1,3-15,17H,16,18H2. The van der Waals surface area contributed by atoms with Gasteiger partial charge in [0.15, 0.2) is 5.16 Å². The van der Waals surface area contributed by atoms with E-state index in [9.17, 15) is 13.2 Å². The Balaban J connectivity index is 1.76. The monoisotopic (exact) mass is 448 g/mol. The molecule has 0 saturated carbocycles. The first kappa shape index (κ1) is 21.8. The summed E-state index contributed by atoms with van der Waals surface area (Å²) >= 11 is 1.37. The van der Waals surface area contributed by atoms with E-state index < -0.39 is 11.7 Å². The van der Waals surface area contributed by atoms with Crippen LogP contribution < -0.4 is 0 Å². The van der Waals surface area contributed by atoms with Crippen LogP contribution in [-0.2, 0) is 18.5 Å². The Morgan fingerprint density at radius 2 is 1.53 bits per heavy atom. The lowest BCUT2D eigenvalue weighted by Crippen LogP contribution is -2.05. The molecular formula is C26H19F3N2S. The molecule has 0 spiro atoms. The van der Waals surface area contributed by atoms with E-state index in [1.54, 1.807) is 6.07 Å². The molecule has 0 radical (unpaired) electrons. The summed E-state index contributed by atoms with van der Waals surface area (Å²) in [6.07, 6.45) is 1.30. The molecule has 160 valence electrons. The molecule has 4 aromatic rings. The van der Waals surface area contributed by atoms with Crippen LogP contribution in [-0.4, -0.2) is 9.55 Å². The minimum Gasteiger partial charge on any atom is -0.307 e. The van der Waals surface area contributed by atoms with Gasteiger partial charge in [0.1, 0.15) is 0 Å². The minimum atomic E-state index is -4.37. The highest BCUT2D eigenvalue weighted by molar-refractivity contribution is 7.98. The Labute approximate surface area is 189 Å². The average Bonchev–Trinajstić information content (AvgIpc) is 3.17. The molecule has 0 unspecified atom stereocenters. The van der Waals surface area contributed by atoms with Crippen LogP contribution in [0.3, 0.4) is 0 Å². The predicted octanol–water partition coefficient (Wildman–Crippen LogP) is 7.16. The fourth-order valence-corrected chi connectivity index (χ4v) is 4.39. The second-order valence-electron chi connectivity index (χ2n) is 7.10. The molecule has 1 heterocycles. The first-order valence-electron chi connectivity index (χ1n) is 9.91. The Morgan fingerprint density at radius 1 is 0.875 bits per heavy atom. The normalized spacial score (nSPS) is 11.3.